The molecule has 0 rings (SSSR count). The van der Waals surface area contributed by atoms with Gasteiger partial charge in [0.05, 0.1) is 0 Å². The van der Waals surface area contributed by atoms with Crippen LogP contribution in [0.5, 0.6) is 0 Å². The van der Waals surface area contributed by atoms with E-state index in [0.29, 0.717) is 0 Å². The lowest BCUT2D eigenvalue weighted by molar-refractivity contribution is -0.119. The Morgan fingerprint density at radius 2 is 1.89 bits per heavy atom. The Balaban J connectivity index is 4.04. The fourth-order valence-electron chi connectivity index (χ4n) is 0.571. The highest BCUT2D eigenvalue weighted by Gasteiger charge is 2.06. The van der Waals surface area contributed by atoms with Gasteiger partial charge < -0.3 is 0 Å². The molecule has 0 heterocycles. The van der Waals surface area contributed by atoms with Crippen LogP contribution < -0.4 is 0 Å². The van der Waals surface area contributed by atoms with Crippen LogP contribution in [0.2, 0.25) is 0 Å². The first kappa shape index (κ1) is 8.41. The summed E-state index contributed by atoms with van der Waals surface area (Å²) in [5, 5.41) is 0. The summed E-state index contributed by atoms with van der Waals surface area (Å²) in [4.78, 5) is 10.7. The van der Waals surface area contributed by atoms with Crippen molar-refractivity contribution in [3.8, 4) is 0 Å². The van der Waals surface area contributed by atoms with Gasteiger partial charge in [-0.15, -0.1) is 0 Å². The highest BCUT2D eigenvalue weighted by molar-refractivity contribution is 5.80. The summed E-state index contributed by atoms with van der Waals surface area (Å²) in [6, 6.07) is 0. The van der Waals surface area contributed by atoms with Crippen LogP contribution in [-0.2, 0) is 4.79 Å². The van der Waals surface area contributed by atoms with Gasteiger partial charge in [-0.05, 0) is 20.8 Å². The molecule has 0 aliphatic heterocycles. The molecule has 0 aromatic rings. The maximum absolute atomic E-state index is 10.7. The number of hydrogen-bond donors (Lipinski definition) is 0. The molecule has 0 aliphatic rings. The molecule has 52 valence electrons. The Labute approximate surface area is 56.8 Å². The zero-order valence-electron chi connectivity index (χ0n) is 6.56. The molecule has 1 nitrogen and oxygen atoms in total. The monoisotopic (exact) mass is 126 g/mol. The Morgan fingerprint density at radius 3 is 2.00 bits per heavy atom. The molecule has 0 fully saturated rings. The van der Waals surface area contributed by atoms with Gasteiger partial charge in [-0.2, -0.15) is 0 Å². The van der Waals surface area contributed by atoms with Crippen molar-refractivity contribution >= 4 is 5.78 Å². The summed E-state index contributed by atoms with van der Waals surface area (Å²) in [5.74, 6) is 0.348. The van der Waals surface area contributed by atoms with Crippen LogP contribution in [0.1, 0.15) is 27.7 Å². The van der Waals surface area contributed by atoms with E-state index in [4.69, 9.17) is 0 Å². The van der Waals surface area contributed by atoms with E-state index in [1.807, 2.05) is 26.8 Å². The average molecular weight is 126 g/mol. The van der Waals surface area contributed by atoms with Gasteiger partial charge in [0.2, 0.25) is 0 Å². The third-order valence-corrected chi connectivity index (χ3v) is 1.75. The van der Waals surface area contributed by atoms with Crippen molar-refractivity contribution < 1.29 is 4.79 Å². The standard InChI is InChI=1S/C8H14O/c1-5-6(2)7(3)8(4)9/h5,7H,1-4H3/b6-5+. The summed E-state index contributed by atoms with van der Waals surface area (Å²) in [5.41, 5.74) is 1.16. The molecular formula is C8H14O. The van der Waals surface area contributed by atoms with Gasteiger partial charge >= 0.3 is 0 Å². The molecule has 0 spiro atoms. The van der Waals surface area contributed by atoms with Crippen molar-refractivity contribution in [1.29, 1.82) is 0 Å². The second kappa shape index (κ2) is 3.44. The van der Waals surface area contributed by atoms with Crippen LogP contribution >= 0.6 is 0 Å². The first-order chi connectivity index (χ1) is 4.09. The van der Waals surface area contributed by atoms with Gasteiger partial charge in [0.1, 0.15) is 5.78 Å². The fraction of sp³-hybridized carbons (Fsp3) is 0.625. The van der Waals surface area contributed by atoms with E-state index in [1.165, 1.54) is 0 Å². The summed E-state index contributed by atoms with van der Waals surface area (Å²) >= 11 is 0. The molecule has 0 aromatic heterocycles. The molecule has 1 heteroatoms. The molecule has 0 aromatic carbocycles. The Hall–Kier alpha value is -0.590. The van der Waals surface area contributed by atoms with Crippen molar-refractivity contribution in [2.45, 2.75) is 27.7 Å². The van der Waals surface area contributed by atoms with Crippen molar-refractivity contribution in [1.82, 2.24) is 0 Å². The van der Waals surface area contributed by atoms with Crippen LogP contribution in [0.3, 0.4) is 0 Å². The van der Waals surface area contributed by atoms with Gasteiger partial charge in [-0.3, -0.25) is 4.79 Å². The number of rotatable bonds is 2. The van der Waals surface area contributed by atoms with Gasteiger partial charge in [0, 0.05) is 5.92 Å². The third kappa shape index (κ3) is 2.45. The molecule has 0 aliphatic carbocycles. The van der Waals surface area contributed by atoms with Crippen LogP contribution in [-0.4, -0.2) is 5.78 Å². The third-order valence-electron chi connectivity index (χ3n) is 1.75. The first-order valence-electron chi connectivity index (χ1n) is 3.22. The van der Waals surface area contributed by atoms with E-state index in [2.05, 4.69) is 0 Å². The lowest BCUT2D eigenvalue weighted by atomic mass is 9.99. The summed E-state index contributed by atoms with van der Waals surface area (Å²) in [7, 11) is 0. The summed E-state index contributed by atoms with van der Waals surface area (Å²) < 4.78 is 0. The zero-order valence-corrected chi connectivity index (χ0v) is 6.56. The summed E-state index contributed by atoms with van der Waals surface area (Å²) in [6.07, 6.45) is 1.98. The van der Waals surface area contributed by atoms with Crippen molar-refractivity contribution in [2.75, 3.05) is 0 Å². The molecule has 0 bridgehead atoms. The normalized spacial score (nSPS) is 15.3. The van der Waals surface area contributed by atoms with Crippen molar-refractivity contribution in [3.05, 3.63) is 11.6 Å². The molecule has 0 saturated carbocycles. The average Bonchev–Trinajstić information content (AvgIpc) is 1.84. The minimum Gasteiger partial charge on any atom is -0.299 e. The Bertz CT molecular complexity index is 134. The topological polar surface area (TPSA) is 17.1 Å². The van der Waals surface area contributed by atoms with Crippen LogP contribution in [0.15, 0.2) is 11.6 Å². The second-order valence-corrected chi connectivity index (χ2v) is 2.37. The van der Waals surface area contributed by atoms with E-state index in [-0.39, 0.29) is 11.7 Å². The zero-order chi connectivity index (χ0) is 7.44. The lowest BCUT2D eigenvalue weighted by Gasteiger charge is -2.05. The van der Waals surface area contributed by atoms with E-state index in [0.717, 1.165) is 5.57 Å². The molecule has 0 N–H and O–H groups in total. The number of hydrogen-bond acceptors (Lipinski definition) is 1. The van der Waals surface area contributed by atoms with Crippen LogP contribution in [0, 0.1) is 5.92 Å². The Kier molecular flexibility index (Phi) is 3.21. The Morgan fingerprint density at radius 1 is 1.44 bits per heavy atom. The van der Waals surface area contributed by atoms with Crippen molar-refractivity contribution in [3.63, 3.8) is 0 Å². The minimum absolute atomic E-state index is 0.106. The number of allylic oxidation sites excluding steroid dienone is 2. The van der Waals surface area contributed by atoms with Crippen molar-refractivity contribution in [2.24, 2.45) is 5.92 Å². The molecule has 0 saturated heterocycles. The van der Waals surface area contributed by atoms with E-state index in [1.54, 1.807) is 6.92 Å². The molecule has 1 atom stereocenters. The van der Waals surface area contributed by atoms with Gasteiger partial charge in [0.25, 0.3) is 0 Å². The van der Waals surface area contributed by atoms with Gasteiger partial charge in [-0.25, -0.2) is 0 Å². The SMILES string of the molecule is C/C=C(\C)C(C)C(C)=O. The van der Waals surface area contributed by atoms with E-state index in [9.17, 15) is 4.79 Å². The molecule has 9 heavy (non-hydrogen) atoms. The maximum atomic E-state index is 10.7. The van der Waals surface area contributed by atoms with Crippen LogP contribution in [0.25, 0.3) is 0 Å². The molecule has 0 radical (unpaired) electrons. The van der Waals surface area contributed by atoms with Gasteiger partial charge in [-0.1, -0.05) is 18.6 Å². The summed E-state index contributed by atoms with van der Waals surface area (Å²) in [6.45, 7) is 7.48. The smallest absolute Gasteiger partial charge is 0.136 e. The number of ketones is 1. The van der Waals surface area contributed by atoms with E-state index >= 15 is 0 Å². The van der Waals surface area contributed by atoms with Gasteiger partial charge in [0.15, 0.2) is 0 Å². The lowest BCUT2D eigenvalue weighted by Crippen LogP contribution is -2.06. The molecule has 1 unspecified atom stereocenters. The maximum Gasteiger partial charge on any atom is 0.136 e. The fourth-order valence-corrected chi connectivity index (χ4v) is 0.571. The van der Waals surface area contributed by atoms with Crippen LogP contribution in [0.4, 0.5) is 0 Å². The quantitative estimate of drug-likeness (QED) is 0.518. The largest absolute Gasteiger partial charge is 0.299 e. The highest BCUT2D eigenvalue weighted by Crippen LogP contribution is 2.09. The second-order valence-electron chi connectivity index (χ2n) is 2.37. The number of Topliss-reactive ketones (excluding diaryl/α,β-unsaturated/α-hetero) is 1. The predicted molar refractivity (Wildman–Crippen MR) is 39.3 cm³/mol. The molecule has 0 amide bonds. The van der Waals surface area contributed by atoms with E-state index < -0.39 is 0 Å². The minimum atomic E-state index is 0.106. The molecular weight excluding hydrogens is 112 g/mol. The first-order valence-corrected chi connectivity index (χ1v) is 3.22. The highest BCUT2D eigenvalue weighted by atomic mass is 16.1. The number of carbonyl (C=O) groups is 1. The predicted octanol–water partition coefficient (Wildman–Crippen LogP) is 2.18. The number of carbonyl (C=O) groups excluding carboxylic acids is 1.